The standard InChI is InChI=1S/C9H9ClF3NO2S2/c10-7-5-6(14)1-2-8(7)18(15,16)4-3-17-9(11,12)13/h1-2,5H,3-4,14H2. The van der Waals surface area contributed by atoms with Crippen LogP contribution in [0.15, 0.2) is 23.1 Å². The first-order valence-corrected chi connectivity index (χ1v) is 7.62. The number of hydrogen-bond acceptors (Lipinski definition) is 4. The molecule has 0 spiro atoms. The number of halogens is 4. The van der Waals surface area contributed by atoms with Gasteiger partial charge in [0, 0.05) is 11.4 Å². The van der Waals surface area contributed by atoms with Gasteiger partial charge in [-0.05, 0) is 30.0 Å². The molecule has 0 aromatic heterocycles. The van der Waals surface area contributed by atoms with E-state index in [0.717, 1.165) is 0 Å². The van der Waals surface area contributed by atoms with Gasteiger partial charge in [-0.3, -0.25) is 0 Å². The summed E-state index contributed by atoms with van der Waals surface area (Å²) in [7, 11) is -3.84. The van der Waals surface area contributed by atoms with Gasteiger partial charge >= 0.3 is 5.51 Å². The monoisotopic (exact) mass is 319 g/mol. The zero-order valence-corrected chi connectivity index (χ0v) is 11.3. The molecule has 1 rings (SSSR count). The lowest BCUT2D eigenvalue weighted by Gasteiger charge is -2.08. The Morgan fingerprint density at radius 1 is 1.33 bits per heavy atom. The highest BCUT2D eigenvalue weighted by Crippen LogP contribution is 2.31. The van der Waals surface area contributed by atoms with E-state index in [1.807, 2.05) is 0 Å². The van der Waals surface area contributed by atoms with E-state index in [2.05, 4.69) is 0 Å². The molecule has 1 aromatic carbocycles. The van der Waals surface area contributed by atoms with Crippen molar-refractivity contribution in [2.75, 3.05) is 17.2 Å². The fourth-order valence-corrected chi connectivity index (χ4v) is 3.98. The van der Waals surface area contributed by atoms with Gasteiger partial charge in [-0.1, -0.05) is 11.6 Å². The number of nitrogen functional groups attached to an aromatic ring is 1. The van der Waals surface area contributed by atoms with Crippen molar-refractivity contribution in [2.24, 2.45) is 0 Å². The Morgan fingerprint density at radius 2 is 1.94 bits per heavy atom. The zero-order chi connectivity index (χ0) is 14.0. The Balaban J connectivity index is 2.81. The minimum atomic E-state index is -4.44. The van der Waals surface area contributed by atoms with Crippen molar-refractivity contribution in [3.63, 3.8) is 0 Å². The first-order valence-electron chi connectivity index (χ1n) is 4.60. The molecule has 0 aliphatic heterocycles. The van der Waals surface area contributed by atoms with Crippen molar-refractivity contribution >= 4 is 38.9 Å². The molecular formula is C9H9ClF3NO2S2. The topological polar surface area (TPSA) is 60.2 Å². The van der Waals surface area contributed by atoms with Crippen LogP contribution in [0.4, 0.5) is 18.9 Å². The summed E-state index contributed by atoms with van der Waals surface area (Å²) >= 11 is 5.31. The van der Waals surface area contributed by atoms with Gasteiger partial charge in [0.25, 0.3) is 0 Å². The third kappa shape index (κ3) is 4.58. The lowest BCUT2D eigenvalue weighted by atomic mass is 10.3. The van der Waals surface area contributed by atoms with Crippen LogP contribution in [-0.2, 0) is 9.84 Å². The number of alkyl halides is 3. The molecule has 2 N–H and O–H groups in total. The third-order valence-electron chi connectivity index (χ3n) is 1.91. The first-order chi connectivity index (χ1) is 8.12. The van der Waals surface area contributed by atoms with Crippen LogP contribution in [0.5, 0.6) is 0 Å². The Labute approximate surface area is 111 Å². The molecule has 0 saturated heterocycles. The van der Waals surface area contributed by atoms with Gasteiger partial charge in [0.05, 0.1) is 15.7 Å². The molecule has 0 amide bonds. The normalized spacial score (nSPS) is 12.7. The minimum Gasteiger partial charge on any atom is -0.399 e. The van der Waals surface area contributed by atoms with Crippen molar-refractivity contribution in [3.8, 4) is 0 Å². The fourth-order valence-electron chi connectivity index (χ4n) is 1.15. The molecule has 0 aliphatic rings. The maximum Gasteiger partial charge on any atom is 0.441 e. The summed E-state index contributed by atoms with van der Waals surface area (Å²) in [6, 6.07) is 3.76. The van der Waals surface area contributed by atoms with Crippen molar-refractivity contribution < 1.29 is 21.6 Å². The highest BCUT2D eigenvalue weighted by atomic mass is 35.5. The summed E-state index contributed by atoms with van der Waals surface area (Å²) in [5, 5.41) is -0.0907. The smallest absolute Gasteiger partial charge is 0.399 e. The Kier molecular flexibility index (Phi) is 4.79. The van der Waals surface area contributed by atoms with Crippen molar-refractivity contribution in [2.45, 2.75) is 10.4 Å². The van der Waals surface area contributed by atoms with Crippen molar-refractivity contribution in [3.05, 3.63) is 23.2 Å². The molecule has 102 valence electrons. The summed E-state index contributed by atoms with van der Waals surface area (Å²) in [6.07, 6.45) is 0. The van der Waals surface area contributed by atoms with Crippen LogP contribution >= 0.6 is 23.4 Å². The molecule has 18 heavy (non-hydrogen) atoms. The van der Waals surface area contributed by atoms with E-state index in [-0.39, 0.29) is 27.4 Å². The van der Waals surface area contributed by atoms with Gasteiger partial charge in [-0.15, -0.1) is 0 Å². The number of hydrogen-bond donors (Lipinski definition) is 1. The molecule has 0 saturated carbocycles. The lowest BCUT2D eigenvalue weighted by molar-refractivity contribution is -0.0326. The summed E-state index contributed by atoms with van der Waals surface area (Å²) in [5.74, 6) is -1.21. The van der Waals surface area contributed by atoms with Crippen LogP contribution in [-0.4, -0.2) is 25.4 Å². The molecule has 0 aliphatic carbocycles. The van der Waals surface area contributed by atoms with Crippen LogP contribution in [0.2, 0.25) is 5.02 Å². The fraction of sp³-hybridized carbons (Fsp3) is 0.333. The average molecular weight is 320 g/mol. The van der Waals surface area contributed by atoms with E-state index in [9.17, 15) is 21.6 Å². The highest BCUT2D eigenvalue weighted by molar-refractivity contribution is 8.01. The molecule has 0 bridgehead atoms. The molecule has 0 unspecified atom stereocenters. The quantitative estimate of drug-likeness (QED) is 0.867. The number of rotatable bonds is 4. The highest BCUT2D eigenvalue weighted by Gasteiger charge is 2.29. The van der Waals surface area contributed by atoms with Crippen molar-refractivity contribution in [1.82, 2.24) is 0 Å². The first kappa shape index (κ1) is 15.5. The van der Waals surface area contributed by atoms with Gasteiger partial charge in [0.15, 0.2) is 9.84 Å². The average Bonchev–Trinajstić information content (AvgIpc) is 2.13. The second kappa shape index (κ2) is 5.58. The molecule has 0 radical (unpaired) electrons. The van der Waals surface area contributed by atoms with Crippen LogP contribution in [0.3, 0.4) is 0 Å². The predicted molar refractivity (Wildman–Crippen MR) is 66.4 cm³/mol. The molecule has 3 nitrogen and oxygen atoms in total. The lowest BCUT2D eigenvalue weighted by Crippen LogP contribution is -2.12. The van der Waals surface area contributed by atoms with Gasteiger partial charge in [0.1, 0.15) is 0 Å². The molecular weight excluding hydrogens is 311 g/mol. The van der Waals surface area contributed by atoms with Gasteiger partial charge < -0.3 is 5.73 Å². The molecule has 9 heteroatoms. The Morgan fingerprint density at radius 3 is 2.44 bits per heavy atom. The van der Waals surface area contributed by atoms with Crippen molar-refractivity contribution in [1.29, 1.82) is 0 Å². The third-order valence-corrected chi connectivity index (χ3v) is 5.10. The number of benzene rings is 1. The molecule has 0 fully saturated rings. The Bertz CT molecular complexity index is 531. The minimum absolute atomic E-state index is 0.0907. The number of thioether (sulfide) groups is 1. The summed E-state index contributed by atoms with van der Waals surface area (Å²) in [6.45, 7) is 0. The second-order valence-corrected chi connectivity index (χ2v) is 6.95. The predicted octanol–water partition coefficient (Wildman–Crippen LogP) is 2.95. The zero-order valence-electron chi connectivity index (χ0n) is 8.87. The largest absolute Gasteiger partial charge is 0.441 e. The second-order valence-electron chi connectivity index (χ2n) is 3.30. The maximum atomic E-state index is 11.9. The van der Waals surface area contributed by atoms with E-state index >= 15 is 0 Å². The number of sulfone groups is 1. The number of anilines is 1. The van der Waals surface area contributed by atoms with Gasteiger partial charge in [0.2, 0.25) is 0 Å². The summed E-state index contributed by atoms with van der Waals surface area (Å²) in [5.41, 5.74) is 1.23. The van der Waals surface area contributed by atoms with Crippen LogP contribution in [0.1, 0.15) is 0 Å². The van der Waals surface area contributed by atoms with E-state index in [1.165, 1.54) is 18.2 Å². The van der Waals surface area contributed by atoms with E-state index in [1.54, 1.807) is 0 Å². The van der Waals surface area contributed by atoms with E-state index < -0.39 is 26.9 Å². The molecule has 0 atom stereocenters. The SMILES string of the molecule is Nc1ccc(S(=O)(=O)CCSC(F)(F)F)c(Cl)c1. The van der Waals surface area contributed by atoms with Crippen LogP contribution in [0.25, 0.3) is 0 Å². The van der Waals surface area contributed by atoms with Crippen LogP contribution in [0, 0.1) is 0 Å². The van der Waals surface area contributed by atoms with Crippen LogP contribution < -0.4 is 5.73 Å². The van der Waals surface area contributed by atoms with Gasteiger partial charge in [-0.25, -0.2) is 8.42 Å². The van der Waals surface area contributed by atoms with E-state index in [4.69, 9.17) is 17.3 Å². The summed E-state index contributed by atoms with van der Waals surface area (Å²) < 4.78 is 59.2. The molecule has 0 heterocycles. The Hall–Kier alpha value is -0.600. The van der Waals surface area contributed by atoms with E-state index in [0.29, 0.717) is 0 Å². The maximum absolute atomic E-state index is 11.9. The number of nitrogens with two attached hydrogens (primary N) is 1. The summed E-state index contributed by atoms with van der Waals surface area (Å²) in [4.78, 5) is -0.207. The molecule has 1 aromatic rings. The van der Waals surface area contributed by atoms with Gasteiger partial charge in [-0.2, -0.15) is 13.2 Å².